The maximum Gasteiger partial charge on any atom is 0.189 e. The molecule has 2 nitrogen and oxygen atoms in total. The Balaban J connectivity index is 2.30. The quantitative estimate of drug-likeness (QED) is 0.593. The van der Waals surface area contributed by atoms with Gasteiger partial charge < -0.3 is 4.74 Å². The average Bonchev–Trinajstić information content (AvgIpc) is 2.46. The molecule has 0 aromatic heterocycles. The molecule has 102 valence electrons. The van der Waals surface area contributed by atoms with E-state index in [4.69, 9.17) is 27.9 Å². The molecule has 0 bridgehead atoms. The third-order valence-corrected chi connectivity index (χ3v) is 3.43. The van der Waals surface area contributed by atoms with Crippen LogP contribution in [0.2, 0.25) is 10.0 Å². The van der Waals surface area contributed by atoms with E-state index in [0.29, 0.717) is 26.9 Å². The van der Waals surface area contributed by atoms with Gasteiger partial charge in [-0.3, -0.25) is 4.79 Å². The third-order valence-electron chi connectivity index (χ3n) is 2.77. The lowest BCUT2D eigenvalue weighted by Gasteiger charge is -2.05. The summed E-state index contributed by atoms with van der Waals surface area (Å²) >= 11 is 12.1. The normalized spacial score (nSPS) is 10.8. The first kappa shape index (κ1) is 14.6. The van der Waals surface area contributed by atoms with Crippen molar-refractivity contribution >= 4 is 35.1 Å². The summed E-state index contributed by atoms with van der Waals surface area (Å²) in [7, 11) is 1.53. The molecule has 2 rings (SSSR count). The van der Waals surface area contributed by atoms with Crippen molar-refractivity contribution in [2.45, 2.75) is 0 Å². The number of allylic oxidation sites excluding steroid dienone is 1. The lowest BCUT2D eigenvalue weighted by molar-refractivity contribution is 0.104. The molecule has 0 N–H and O–H groups in total. The van der Waals surface area contributed by atoms with Gasteiger partial charge in [0.2, 0.25) is 0 Å². The van der Waals surface area contributed by atoms with Gasteiger partial charge in [0.25, 0.3) is 0 Å². The first-order chi connectivity index (χ1) is 9.63. The lowest BCUT2D eigenvalue weighted by atomic mass is 10.1. The molecule has 2 aromatic rings. The lowest BCUT2D eigenvalue weighted by Crippen LogP contribution is -1.98. The van der Waals surface area contributed by atoms with Crippen molar-refractivity contribution in [2.75, 3.05) is 7.11 Å². The van der Waals surface area contributed by atoms with Crippen LogP contribution in [0, 0.1) is 0 Å². The minimum atomic E-state index is -0.168. The number of hydrogen-bond acceptors (Lipinski definition) is 2. The summed E-state index contributed by atoms with van der Waals surface area (Å²) in [6, 6.07) is 12.2. The van der Waals surface area contributed by atoms with Crippen LogP contribution in [0.1, 0.15) is 15.9 Å². The van der Waals surface area contributed by atoms with Crippen molar-refractivity contribution in [2.24, 2.45) is 0 Å². The summed E-state index contributed by atoms with van der Waals surface area (Å²) in [5.41, 5.74) is 1.12. The predicted molar refractivity (Wildman–Crippen MR) is 82.8 cm³/mol. The summed E-state index contributed by atoms with van der Waals surface area (Å²) in [6.45, 7) is 0. The molecule has 0 fully saturated rings. The van der Waals surface area contributed by atoms with Gasteiger partial charge in [0.1, 0.15) is 5.75 Å². The monoisotopic (exact) mass is 306 g/mol. The minimum Gasteiger partial charge on any atom is -0.496 e. The highest BCUT2D eigenvalue weighted by molar-refractivity contribution is 6.37. The number of para-hydroxylation sites is 1. The van der Waals surface area contributed by atoms with Gasteiger partial charge in [0.05, 0.1) is 12.7 Å². The molecule has 4 heteroatoms. The van der Waals surface area contributed by atoms with Gasteiger partial charge in [-0.2, -0.15) is 0 Å². The fourth-order valence-electron chi connectivity index (χ4n) is 1.77. The summed E-state index contributed by atoms with van der Waals surface area (Å²) in [5, 5.41) is 1.00. The molecule has 0 saturated heterocycles. The van der Waals surface area contributed by atoms with Crippen molar-refractivity contribution in [3.63, 3.8) is 0 Å². The largest absolute Gasteiger partial charge is 0.496 e. The van der Waals surface area contributed by atoms with E-state index in [1.165, 1.54) is 13.2 Å². The number of carbonyl (C=O) groups is 1. The SMILES string of the molecule is COc1ccccc1C(=O)/C=C/c1c(Cl)cccc1Cl. The molecule has 0 aliphatic heterocycles. The zero-order chi connectivity index (χ0) is 14.5. The molecule has 0 radical (unpaired) electrons. The summed E-state index contributed by atoms with van der Waals surface area (Å²) in [5.74, 6) is 0.367. The van der Waals surface area contributed by atoms with Crippen molar-refractivity contribution in [1.29, 1.82) is 0 Å². The minimum absolute atomic E-state index is 0.168. The van der Waals surface area contributed by atoms with Crippen molar-refractivity contribution in [1.82, 2.24) is 0 Å². The van der Waals surface area contributed by atoms with Gasteiger partial charge in [0.15, 0.2) is 5.78 Å². The van der Waals surface area contributed by atoms with Crippen LogP contribution in [-0.4, -0.2) is 12.9 Å². The van der Waals surface area contributed by atoms with Crippen molar-refractivity contribution < 1.29 is 9.53 Å². The maximum atomic E-state index is 12.2. The van der Waals surface area contributed by atoms with Crippen LogP contribution in [-0.2, 0) is 0 Å². The molecule has 0 atom stereocenters. The Morgan fingerprint density at radius 3 is 2.35 bits per heavy atom. The highest BCUT2D eigenvalue weighted by Gasteiger charge is 2.09. The topological polar surface area (TPSA) is 26.3 Å². The average molecular weight is 307 g/mol. The molecule has 0 amide bonds. The fraction of sp³-hybridized carbons (Fsp3) is 0.0625. The van der Waals surface area contributed by atoms with Gasteiger partial charge in [-0.1, -0.05) is 41.4 Å². The van der Waals surface area contributed by atoms with Gasteiger partial charge in [-0.15, -0.1) is 0 Å². The number of rotatable bonds is 4. The summed E-state index contributed by atoms with van der Waals surface area (Å²) in [6.07, 6.45) is 3.05. The Hall–Kier alpha value is -1.77. The van der Waals surface area contributed by atoms with Crippen LogP contribution in [0.3, 0.4) is 0 Å². The van der Waals surface area contributed by atoms with E-state index in [1.807, 2.05) is 6.07 Å². The fourth-order valence-corrected chi connectivity index (χ4v) is 2.29. The second-order valence-electron chi connectivity index (χ2n) is 4.03. The molecule has 20 heavy (non-hydrogen) atoms. The first-order valence-corrected chi connectivity index (χ1v) is 6.68. The van der Waals surface area contributed by atoms with E-state index < -0.39 is 0 Å². The molecule has 0 aliphatic rings. The number of carbonyl (C=O) groups excluding carboxylic acids is 1. The van der Waals surface area contributed by atoms with E-state index in [0.717, 1.165) is 0 Å². The number of ether oxygens (including phenoxy) is 1. The van der Waals surface area contributed by atoms with Crippen LogP contribution < -0.4 is 4.74 Å². The Bertz CT molecular complexity index is 643. The van der Waals surface area contributed by atoms with Crippen LogP contribution in [0.25, 0.3) is 6.08 Å². The second-order valence-corrected chi connectivity index (χ2v) is 4.85. The van der Waals surface area contributed by atoms with Crippen molar-refractivity contribution in [3.05, 3.63) is 69.7 Å². The van der Waals surface area contributed by atoms with E-state index in [9.17, 15) is 4.79 Å². The van der Waals surface area contributed by atoms with E-state index in [-0.39, 0.29) is 5.78 Å². The molecule has 2 aromatic carbocycles. The van der Waals surface area contributed by atoms with E-state index >= 15 is 0 Å². The summed E-state index contributed by atoms with van der Waals surface area (Å²) in [4.78, 5) is 12.2. The molecule has 0 unspecified atom stereocenters. The number of benzene rings is 2. The van der Waals surface area contributed by atoms with Crippen LogP contribution >= 0.6 is 23.2 Å². The zero-order valence-corrected chi connectivity index (χ0v) is 12.3. The number of ketones is 1. The predicted octanol–water partition coefficient (Wildman–Crippen LogP) is 4.90. The van der Waals surface area contributed by atoms with Crippen molar-refractivity contribution in [3.8, 4) is 5.75 Å². The second kappa shape index (κ2) is 6.60. The van der Waals surface area contributed by atoms with Gasteiger partial charge in [-0.05, 0) is 36.4 Å². The van der Waals surface area contributed by atoms with Crippen LogP contribution in [0.5, 0.6) is 5.75 Å². The number of methoxy groups -OCH3 is 1. The van der Waals surface area contributed by atoms with Gasteiger partial charge >= 0.3 is 0 Å². The highest BCUT2D eigenvalue weighted by atomic mass is 35.5. The Kier molecular flexibility index (Phi) is 4.83. The maximum absolute atomic E-state index is 12.2. The zero-order valence-electron chi connectivity index (χ0n) is 10.8. The smallest absolute Gasteiger partial charge is 0.189 e. The van der Waals surface area contributed by atoms with E-state index in [1.54, 1.807) is 42.5 Å². The third kappa shape index (κ3) is 3.21. The Morgan fingerprint density at radius 1 is 1.05 bits per heavy atom. The molecule has 0 aliphatic carbocycles. The summed E-state index contributed by atoms with van der Waals surface area (Å²) < 4.78 is 5.16. The highest BCUT2D eigenvalue weighted by Crippen LogP contribution is 2.26. The molecule has 0 spiro atoms. The number of hydrogen-bond donors (Lipinski definition) is 0. The molecular weight excluding hydrogens is 295 g/mol. The van der Waals surface area contributed by atoms with Gasteiger partial charge in [0, 0.05) is 15.6 Å². The Morgan fingerprint density at radius 2 is 1.70 bits per heavy atom. The van der Waals surface area contributed by atoms with Crippen LogP contribution in [0.15, 0.2) is 48.5 Å². The van der Waals surface area contributed by atoms with E-state index in [2.05, 4.69) is 0 Å². The Labute approximate surface area is 127 Å². The molecule has 0 heterocycles. The molecular formula is C16H12Cl2O2. The standard InChI is InChI=1S/C16H12Cl2O2/c1-20-16-8-3-2-5-12(16)15(19)10-9-11-13(17)6-4-7-14(11)18/h2-10H,1H3/b10-9+. The molecule has 0 saturated carbocycles. The number of halogens is 2. The first-order valence-electron chi connectivity index (χ1n) is 5.93. The van der Waals surface area contributed by atoms with Gasteiger partial charge in [-0.25, -0.2) is 0 Å². The van der Waals surface area contributed by atoms with Crippen LogP contribution in [0.4, 0.5) is 0 Å².